The first-order valence-corrected chi connectivity index (χ1v) is 11.7. The number of anilines is 1. The Morgan fingerprint density at radius 1 is 0.935 bits per heavy atom. The zero-order chi connectivity index (χ0) is 22.4. The van der Waals surface area contributed by atoms with Crippen molar-refractivity contribution in [3.63, 3.8) is 0 Å². The van der Waals surface area contributed by atoms with Gasteiger partial charge in [0.05, 0.1) is 25.1 Å². The highest BCUT2D eigenvalue weighted by Gasteiger charge is 2.25. The minimum atomic E-state index is -3.72. The Morgan fingerprint density at radius 2 is 1.52 bits per heavy atom. The van der Waals surface area contributed by atoms with E-state index in [1.165, 1.54) is 7.11 Å². The molecule has 1 amide bonds. The molecule has 6 nitrogen and oxygen atoms in total. The van der Waals surface area contributed by atoms with Crippen molar-refractivity contribution in [1.82, 2.24) is 5.32 Å². The van der Waals surface area contributed by atoms with Crippen LogP contribution in [0.2, 0.25) is 0 Å². The van der Waals surface area contributed by atoms with Crippen LogP contribution in [0.15, 0.2) is 78.9 Å². The van der Waals surface area contributed by atoms with E-state index in [1.807, 2.05) is 61.5 Å². The number of benzene rings is 3. The van der Waals surface area contributed by atoms with Crippen LogP contribution >= 0.6 is 0 Å². The molecule has 0 saturated carbocycles. The molecule has 1 N–H and O–H groups in total. The number of hydrogen-bond donors (Lipinski definition) is 1. The quantitative estimate of drug-likeness (QED) is 0.582. The third-order valence-corrected chi connectivity index (χ3v) is 6.02. The number of carbonyl (C=O) groups is 1. The number of rotatable bonds is 8. The Morgan fingerprint density at radius 3 is 2.13 bits per heavy atom. The first-order chi connectivity index (χ1) is 14.8. The molecule has 0 aliphatic heterocycles. The van der Waals surface area contributed by atoms with Crippen LogP contribution in [0.3, 0.4) is 0 Å². The summed E-state index contributed by atoms with van der Waals surface area (Å²) in [6, 6.07) is 23.8. The highest BCUT2D eigenvalue weighted by molar-refractivity contribution is 7.92. The smallest absolute Gasteiger partial charge is 0.241 e. The van der Waals surface area contributed by atoms with Crippen LogP contribution < -0.4 is 14.4 Å². The summed E-state index contributed by atoms with van der Waals surface area (Å²) in [7, 11) is -2.26. The van der Waals surface area contributed by atoms with Crippen molar-refractivity contribution < 1.29 is 17.9 Å². The molecule has 0 saturated heterocycles. The van der Waals surface area contributed by atoms with Crippen molar-refractivity contribution in [2.45, 2.75) is 13.0 Å². The number of sulfonamides is 1. The maximum absolute atomic E-state index is 13.0. The average molecular weight is 439 g/mol. The van der Waals surface area contributed by atoms with Gasteiger partial charge < -0.3 is 10.1 Å². The van der Waals surface area contributed by atoms with Gasteiger partial charge in [-0.2, -0.15) is 0 Å². The van der Waals surface area contributed by atoms with Crippen molar-refractivity contribution in [3.05, 3.63) is 95.6 Å². The van der Waals surface area contributed by atoms with E-state index in [9.17, 15) is 13.2 Å². The summed E-state index contributed by atoms with van der Waals surface area (Å²) in [5, 5.41) is 2.99. The normalized spacial score (nSPS) is 12.1. The third-order valence-electron chi connectivity index (χ3n) is 4.89. The maximum atomic E-state index is 13.0. The van der Waals surface area contributed by atoms with Crippen LogP contribution in [-0.2, 0) is 14.8 Å². The minimum Gasteiger partial charge on any atom is -0.495 e. The SMILES string of the molecule is COc1ccccc1N(CC(=O)N[C@H](c1ccccc1)c1ccc(C)cc1)S(C)(=O)=O. The molecule has 1 atom stereocenters. The molecular formula is C24H26N2O4S. The summed E-state index contributed by atoms with van der Waals surface area (Å²) in [4.78, 5) is 13.0. The fourth-order valence-electron chi connectivity index (χ4n) is 3.32. The number of methoxy groups -OCH3 is 1. The summed E-state index contributed by atoms with van der Waals surface area (Å²) >= 11 is 0. The van der Waals surface area contributed by atoms with Crippen molar-refractivity contribution >= 4 is 21.6 Å². The molecule has 0 fully saturated rings. The average Bonchev–Trinajstić information content (AvgIpc) is 2.76. The molecule has 0 aromatic heterocycles. The van der Waals surface area contributed by atoms with Crippen LogP contribution in [0, 0.1) is 6.92 Å². The maximum Gasteiger partial charge on any atom is 0.241 e. The van der Waals surface area contributed by atoms with E-state index >= 15 is 0 Å². The highest BCUT2D eigenvalue weighted by Crippen LogP contribution is 2.29. The molecule has 0 unspecified atom stereocenters. The predicted octanol–water partition coefficient (Wildman–Crippen LogP) is 3.68. The predicted molar refractivity (Wildman–Crippen MR) is 123 cm³/mol. The van der Waals surface area contributed by atoms with Crippen molar-refractivity contribution in [2.24, 2.45) is 0 Å². The monoisotopic (exact) mass is 438 g/mol. The number of para-hydroxylation sites is 2. The number of nitrogens with zero attached hydrogens (tertiary/aromatic N) is 1. The summed E-state index contributed by atoms with van der Waals surface area (Å²) in [6.07, 6.45) is 1.07. The largest absolute Gasteiger partial charge is 0.495 e. The Hall–Kier alpha value is -3.32. The molecule has 0 aliphatic rings. The second kappa shape index (κ2) is 9.66. The van der Waals surface area contributed by atoms with Gasteiger partial charge in [0.15, 0.2) is 0 Å². The Balaban J connectivity index is 1.91. The molecule has 3 aromatic carbocycles. The summed E-state index contributed by atoms with van der Waals surface area (Å²) in [6.45, 7) is 1.63. The van der Waals surface area contributed by atoms with Gasteiger partial charge in [-0.05, 0) is 30.2 Å². The number of nitrogens with one attached hydrogen (secondary N) is 1. The van der Waals surface area contributed by atoms with E-state index in [4.69, 9.17) is 4.74 Å². The van der Waals surface area contributed by atoms with Crippen LogP contribution in [0.4, 0.5) is 5.69 Å². The van der Waals surface area contributed by atoms with E-state index in [0.717, 1.165) is 27.3 Å². The van der Waals surface area contributed by atoms with Crippen LogP contribution in [0.5, 0.6) is 5.75 Å². The molecule has 0 bridgehead atoms. The van der Waals surface area contributed by atoms with Crippen molar-refractivity contribution in [2.75, 3.05) is 24.2 Å². The Labute approximate surface area is 183 Å². The zero-order valence-electron chi connectivity index (χ0n) is 17.8. The fraction of sp³-hybridized carbons (Fsp3) is 0.208. The van der Waals surface area contributed by atoms with Gasteiger partial charge in [0, 0.05) is 0 Å². The molecule has 0 heterocycles. The van der Waals surface area contributed by atoms with Gasteiger partial charge in [-0.1, -0.05) is 72.3 Å². The number of hydrogen-bond acceptors (Lipinski definition) is 4. The summed E-state index contributed by atoms with van der Waals surface area (Å²) < 4.78 is 31.3. The molecule has 3 rings (SSSR count). The van der Waals surface area contributed by atoms with Gasteiger partial charge in [-0.3, -0.25) is 9.10 Å². The van der Waals surface area contributed by atoms with Crippen LogP contribution in [0.1, 0.15) is 22.7 Å². The lowest BCUT2D eigenvalue weighted by Gasteiger charge is -2.26. The van der Waals surface area contributed by atoms with Gasteiger partial charge in [-0.25, -0.2) is 8.42 Å². The molecular weight excluding hydrogens is 412 g/mol. The molecule has 162 valence electrons. The summed E-state index contributed by atoms with van der Waals surface area (Å²) in [5.74, 6) is -0.0513. The van der Waals surface area contributed by atoms with Gasteiger partial charge in [-0.15, -0.1) is 0 Å². The first-order valence-electron chi connectivity index (χ1n) is 9.81. The lowest BCUT2D eigenvalue weighted by atomic mass is 9.98. The van der Waals surface area contributed by atoms with Gasteiger partial charge in [0.25, 0.3) is 0 Å². The zero-order valence-corrected chi connectivity index (χ0v) is 18.6. The van der Waals surface area contributed by atoms with Crippen LogP contribution in [0.25, 0.3) is 0 Å². The van der Waals surface area contributed by atoms with Crippen molar-refractivity contribution in [1.29, 1.82) is 0 Å². The molecule has 3 aromatic rings. The second-order valence-electron chi connectivity index (χ2n) is 7.26. The Kier molecular flexibility index (Phi) is 6.97. The molecule has 7 heteroatoms. The standard InChI is InChI=1S/C24H26N2O4S/c1-18-13-15-20(16-14-18)24(19-9-5-4-6-10-19)25-23(27)17-26(31(3,28)29)21-11-7-8-12-22(21)30-2/h4-16,24H,17H2,1-3H3,(H,25,27)/t24-/m1/s1. The fourth-order valence-corrected chi connectivity index (χ4v) is 4.18. The molecule has 0 radical (unpaired) electrons. The Bertz CT molecular complexity index is 1130. The lowest BCUT2D eigenvalue weighted by Crippen LogP contribution is -2.42. The van der Waals surface area contributed by atoms with E-state index in [-0.39, 0.29) is 6.54 Å². The van der Waals surface area contributed by atoms with E-state index in [0.29, 0.717) is 11.4 Å². The van der Waals surface area contributed by atoms with Crippen LogP contribution in [-0.4, -0.2) is 34.2 Å². The van der Waals surface area contributed by atoms with Gasteiger partial charge in [0.1, 0.15) is 12.3 Å². The molecule has 0 aliphatic carbocycles. The highest BCUT2D eigenvalue weighted by atomic mass is 32.2. The van der Waals surface area contributed by atoms with Crippen molar-refractivity contribution in [3.8, 4) is 5.75 Å². The minimum absolute atomic E-state index is 0.314. The van der Waals surface area contributed by atoms with Gasteiger partial charge in [0.2, 0.25) is 15.9 Å². The second-order valence-corrected chi connectivity index (χ2v) is 9.17. The molecule has 0 spiro atoms. The van der Waals surface area contributed by atoms with E-state index in [1.54, 1.807) is 24.3 Å². The molecule has 31 heavy (non-hydrogen) atoms. The number of aryl methyl sites for hydroxylation is 1. The number of ether oxygens (including phenoxy) is 1. The first kappa shape index (κ1) is 22.4. The van der Waals surface area contributed by atoms with E-state index < -0.39 is 22.0 Å². The number of carbonyl (C=O) groups excluding carboxylic acids is 1. The summed E-state index contributed by atoms with van der Waals surface area (Å²) in [5.41, 5.74) is 3.24. The third kappa shape index (κ3) is 5.64. The number of amides is 1. The van der Waals surface area contributed by atoms with Gasteiger partial charge >= 0.3 is 0 Å². The van der Waals surface area contributed by atoms with E-state index in [2.05, 4.69) is 5.32 Å². The topological polar surface area (TPSA) is 75.7 Å². The lowest BCUT2D eigenvalue weighted by molar-refractivity contribution is -0.120.